The molecule has 118 valence electrons. The third kappa shape index (κ3) is 3.17. The molecule has 0 aliphatic carbocycles. The highest BCUT2D eigenvalue weighted by Crippen LogP contribution is 2.18. The summed E-state index contributed by atoms with van der Waals surface area (Å²) >= 11 is 1.36. The molecule has 0 saturated carbocycles. The van der Waals surface area contributed by atoms with Crippen molar-refractivity contribution in [3.63, 3.8) is 0 Å². The van der Waals surface area contributed by atoms with Gasteiger partial charge >= 0.3 is 0 Å². The second-order valence-electron chi connectivity index (χ2n) is 5.26. The molecular formula is C17H17N3O2S. The molecule has 6 heteroatoms. The molecule has 0 bridgehead atoms. The summed E-state index contributed by atoms with van der Waals surface area (Å²) in [6.07, 6.45) is 4.73. The summed E-state index contributed by atoms with van der Waals surface area (Å²) in [5.74, 6) is -0.384. The van der Waals surface area contributed by atoms with Crippen LogP contribution in [0.4, 0.5) is 0 Å². The van der Waals surface area contributed by atoms with Crippen LogP contribution in [0.15, 0.2) is 52.9 Å². The number of aromatic nitrogens is 2. The zero-order valence-electron chi connectivity index (χ0n) is 12.7. The molecule has 0 radical (unpaired) electrons. The van der Waals surface area contributed by atoms with E-state index in [2.05, 4.69) is 17.2 Å². The highest BCUT2D eigenvalue weighted by atomic mass is 32.1. The molecule has 1 N–H and O–H groups in total. The van der Waals surface area contributed by atoms with E-state index in [1.165, 1.54) is 21.9 Å². The summed E-state index contributed by atoms with van der Waals surface area (Å²) < 4.78 is 1.40. The van der Waals surface area contributed by atoms with Crippen LogP contribution in [0, 0.1) is 0 Å². The Morgan fingerprint density at radius 1 is 1.35 bits per heavy atom. The van der Waals surface area contributed by atoms with Gasteiger partial charge in [-0.05, 0) is 12.0 Å². The number of carbonyl (C=O) groups excluding carboxylic acids is 1. The second kappa shape index (κ2) is 6.75. The van der Waals surface area contributed by atoms with E-state index in [9.17, 15) is 9.59 Å². The van der Waals surface area contributed by atoms with Crippen LogP contribution in [0.3, 0.4) is 0 Å². The lowest BCUT2D eigenvalue weighted by molar-refractivity contribution is 0.0932. The fourth-order valence-electron chi connectivity index (χ4n) is 2.51. The van der Waals surface area contributed by atoms with E-state index in [1.54, 1.807) is 11.6 Å². The van der Waals surface area contributed by atoms with Gasteiger partial charge in [0.25, 0.3) is 11.5 Å². The molecule has 1 aromatic carbocycles. The number of carbonyl (C=O) groups is 1. The molecule has 1 atom stereocenters. The van der Waals surface area contributed by atoms with Crippen LogP contribution in [0.2, 0.25) is 0 Å². The van der Waals surface area contributed by atoms with Gasteiger partial charge in [-0.25, -0.2) is 4.98 Å². The summed E-state index contributed by atoms with van der Waals surface area (Å²) in [5.41, 5.74) is 0.766. The van der Waals surface area contributed by atoms with E-state index in [4.69, 9.17) is 0 Å². The molecule has 0 aliphatic heterocycles. The zero-order valence-corrected chi connectivity index (χ0v) is 13.5. The topological polar surface area (TPSA) is 63.5 Å². The normalized spacial score (nSPS) is 12.2. The first-order chi connectivity index (χ1) is 11.2. The van der Waals surface area contributed by atoms with E-state index in [0.717, 1.165) is 18.4 Å². The Hall–Kier alpha value is -2.47. The SMILES string of the molecule is CCC[C@H](NC(=O)c1cnc2sccn2c1=O)c1ccccc1. The van der Waals surface area contributed by atoms with Gasteiger partial charge in [0, 0.05) is 17.8 Å². The molecule has 1 amide bonds. The molecule has 2 heterocycles. The predicted molar refractivity (Wildman–Crippen MR) is 90.9 cm³/mol. The van der Waals surface area contributed by atoms with Crippen LogP contribution < -0.4 is 10.9 Å². The fourth-order valence-corrected chi connectivity index (χ4v) is 3.19. The maximum absolute atomic E-state index is 12.5. The minimum absolute atomic E-state index is 0.0675. The Kier molecular flexibility index (Phi) is 4.52. The number of amides is 1. The molecule has 3 rings (SSSR count). The lowest BCUT2D eigenvalue weighted by Crippen LogP contribution is -2.33. The van der Waals surface area contributed by atoms with Crippen LogP contribution in [0.1, 0.15) is 41.7 Å². The van der Waals surface area contributed by atoms with Crippen LogP contribution in [-0.4, -0.2) is 15.3 Å². The van der Waals surface area contributed by atoms with Crippen molar-refractivity contribution in [3.8, 4) is 0 Å². The second-order valence-corrected chi connectivity index (χ2v) is 6.13. The van der Waals surface area contributed by atoms with Crippen molar-refractivity contribution in [1.29, 1.82) is 0 Å². The summed E-state index contributed by atoms with van der Waals surface area (Å²) in [7, 11) is 0. The van der Waals surface area contributed by atoms with Gasteiger partial charge in [0.05, 0.1) is 6.04 Å². The van der Waals surface area contributed by atoms with Crippen molar-refractivity contribution in [2.24, 2.45) is 0 Å². The minimum atomic E-state index is -0.384. The molecule has 5 nitrogen and oxygen atoms in total. The number of benzene rings is 1. The standard InChI is InChI=1S/C17H17N3O2S/c1-2-6-14(12-7-4-3-5-8-12)19-15(21)13-11-18-17-20(16(13)22)9-10-23-17/h3-5,7-11,14H,2,6H2,1H3,(H,19,21)/t14-/m0/s1. The van der Waals surface area contributed by atoms with Crippen molar-refractivity contribution >= 4 is 22.2 Å². The molecule has 0 saturated heterocycles. The van der Waals surface area contributed by atoms with Gasteiger partial charge < -0.3 is 5.32 Å². The quantitative estimate of drug-likeness (QED) is 0.783. The van der Waals surface area contributed by atoms with Gasteiger partial charge in [-0.3, -0.25) is 14.0 Å². The van der Waals surface area contributed by atoms with Gasteiger partial charge in [-0.2, -0.15) is 0 Å². The van der Waals surface area contributed by atoms with E-state index in [-0.39, 0.29) is 23.1 Å². The molecular weight excluding hydrogens is 310 g/mol. The van der Waals surface area contributed by atoms with E-state index >= 15 is 0 Å². The monoisotopic (exact) mass is 327 g/mol. The van der Waals surface area contributed by atoms with Gasteiger partial charge in [-0.1, -0.05) is 43.7 Å². The summed E-state index contributed by atoms with van der Waals surface area (Å²) in [4.78, 5) is 29.7. The number of hydrogen-bond acceptors (Lipinski definition) is 4. The van der Waals surface area contributed by atoms with Crippen LogP contribution >= 0.6 is 11.3 Å². The van der Waals surface area contributed by atoms with Crippen molar-refractivity contribution in [2.45, 2.75) is 25.8 Å². The number of thiazole rings is 1. The number of hydrogen-bond donors (Lipinski definition) is 1. The average molecular weight is 327 g/mol. The predicted octanol–water partition coefficient (Wildman–Crippen LogP) is 3.03. The minimum Gasteiger partial charge on any atom is -0.345 e. The first kappa shape index (κ1) is 15.4. The van der Waals surface area contributed by atoms with E-state index in [1.807, 2.05) is 30.3 Å². The van der Waals surface area contributed by atoms with Crippen molar-refractivity contribution in [3.05, 3.63) is 69.6 Å². The lowest BCUT2D eigenvalue weighted by atomic mass is 10.0. The number of nitrogens with one attached hydrogen (secondary N) is 1. The zero-order chi connectivity index (χ0) is 16.2. The molecule has 0 fully saturated rings. The van der Waals surface area contributed by atoms with Gasteiger partial charge in [0.1, 0.15) is 5.56 Å². The maximum Gasteiger partial charge on any atom is 0.271 e. The Morgan fingerprint density at radius 3 is 2.87 bits per heavy atom. The van der Waals surface area contributed by atoms with Crippen LogP contribution in [0.25, 0.3) is 4.96 Å². The molecule has 0 aliphatic rings. The van der Waals surface area contributed by atoms with Crippen molar-refractivity contribution in [1.82, 2.24) is 14.7 Å². The number of nitrogens with zero attached hydrogens (tertiary/aromatic N) is 2. The average Bonchev–Trinajstić information content (AvgIpc) is 3.05. The largest absolute Gasteiger partial charge is 0.345 e. The molecule has 3 aromatic rings. The molecule has 0 spiro atoms. The number of fused-ring (bicyclic) bond motifs is 1. The first-order valence-corrected chi connectivity index (χ1v) is 8.39. The lowest BCUT2D eigenvalue weighted by Gasteiger charge is -2.18. The Morgan fingerprint density at radius 2 is 2.13 bits per heavy atom. The summed E-state index contributed by atoms with van der Waals surface area (Å²) in [6.45, 7) is 2.07. The highest BCUT2D eigenvalue weighted by Gasteiger charge is 2.18. The van der Waals surface area contributed by atoms with Gasteiger partial charge in [0.2, 0.25) is 0 Å². The Labute approximate surface area is 137 Å². The van der Waals surface area contributed by atoms with Crippen molar-refractivity contribution < 1.29 is 4.79 Å². The van der Waals surface area contributed by atoms with E-state index in [0.29, 0.717) is 4.96 Å². The fraction of sp³-hybridized carbons (Fsp3) is 0.235. The van der Waals surface area contributed by atoms with Gasteiger partial charge in [-0.15, -0.1) is 11.3 Å². The van der Waals surface area contributed by atoms with Crippen LogP contribution in [0.5, 0.6) is 0 Å². The molecule has 0 unspecified atom stereocenters. The van der Waals surface area contributed by atoms with Crippen LogP contribution in [-0.2, 0) is 0 Å². The Bertz CT molecular complexity index is 870. The highest BCUT2D eigenvalue weighted by molar-refractivity contribution is 7.15. The molecule has 23 heavy (non-hydrogen) atoms. The molecule has 2 aromatic heterocycles. The Balaban J connectivity index is 1.89. The van der Waals surface area contributed by atoms with E-state index < -0.39 is 0 Å². The third-order valence-electron chi connectivity index (χ3n) is 3.67. The first-order valence-electron chi connectivity index (χ1n) is 7.51. The van der Waals surface area contributed by atoms with Gasteiger partial charge in [0.15, 0.2) is 4.96 Å². The summed E-state index contributed by atoms with van der Waals surface area (Å²) in [5, 5.41) is 4.73. The summed E-state index contributed by atoms with van der Waals surface area (Å²) in [6, 6.07) is 9.67. The maximum atomic E-state index is 12.5. The number of rotatable bonds is 5. The van der Waals surface area contributed by atoms with Crippen molar-refractivity contribution in [2.75, 3.05) is 0 Å². The smallest absolute Gasteiger partial charge is 0.271 e. The third-order valence-corrected chi connectivity index (χ3v) is 4.44.